The van der Waals surface area contributed by atoms with E-state index < -0.39 is 0 Å². The molecular formula is C15H18O4. The highest BCUT2D eigenvalue weighted by molar-refractivity contribution is 5.87. The minimum atomic E-state index is -0.358. The van der Waals surface area contributed by atoms with E-state index in [0.29, 0.717) is 18.8 Å². The molecule has 0 atom stereocenters. The molecule has 4 heteroatoms. The molecule has 0 bridgehead atoms. The highest BCUT2D eigenvalue weighted by atomic mass is 16.5. The molecule has 0 unspecified atom stereocenters. The molecule has 0 fully saturated rings. The Morgan fingerprint density at radius 3 is 2.42 bits per heavy atom. The second kappa shape index (κ2) is 8.08. The van der Waals surface area contributed by atoms with Crippen molar-refractivity contribution in [1.82, 2.24) is 0 Å². The molecule has 0 spiro atoms. The van der Waals surface area contributed by atoms with Crippen molar-refractivity contribution in [2.24, 2.45) is 0 Å². The van der Waals surface area contributed by atoms with Gasteiger partial charge >= 0.3 is 11.9 Å². The lowest BCUT2D eigenvalue weighted by Crippen LogP contribution is -2.05. The number of ether oxygens (including phenoxy) is 2. The van der Waals surface area contributed by atoms with E-state index in [-0.39, 0.29) is 11.9 Å². The van der Waals surface area contributed by atoms with Gasteiger partial charge in [0.1, 0.15) is 5.75 Å². The molecule has 0 saturated heterocycles. The number of rotatable bonds is 6. The van der Waals surface area contributed by atoms with E-state index in [9.17, 15) is 9.59 Å². The summed E-state index contributed by atoms with van der Waals surface area (Å²) in [5.74, 6) is -0.132. The fourth-order valence-electron chi connectivity index (χ4n) is 1.27. The minimum Gasteiger partial charge on any atom is -0.463 e. The van der Waals surface area contributed by atoms with Crippen molar-refractivity contribution in [3.8, 4) is 5.75 Å². The van der Waals surface area contributed by atoms with Gasteiger partial charge in [-0.1, -0.05) is 26.0 Å². The minimum absolute atomic E-state index is 0.272. The van der Waals surface area contributed by atoms with Crippen molar-refractivity contribution >= 4 is 18.0 Å². The van der Waals surface area contributed by atoms with Crippen molar-refractivity contribution in [1.29, 1.82) is 0 Å². The summed E-state index contributed by atoms with van der Waals surface area (Å²) in [6, 6.07) is 6.90. The van der Waals surface area contributed by atoms with Crippen LogP contribution in [0.5, 0.6) is 5.75 Å². The van der Waals surface area contributed by atoms with E-state index in [1.165, 1.54) is 6.08 Å². The molecule has 1 aromatic rings. The number of carbonyl (C=O) groups excluding carboxylic acids is 2. The van der Waals surface area contributed by atoms with Gasteiger partial charge in [-0.15, -0.1) is 0 Å². The van der Waals surface area contributed by atoms with E-state index in [1.807, 2.05) is 6.92 Å². The van der Waals surface area contributed by atoms with Crippen LogP contribution in [0.25, 0.3) is 6.08 Å². The maximum atomic E-state index is 11.2. The number of hydrogen-bond acceptors (Lipinski definition) is 4. The van der Waals surface area contributed by atoms with Gasteiger partial charge in [-0.25, -0.2) is 4.79 Å². The molecule has 0 heterocycles. The SMILES string of the molecule is CCCOC(=O)C=Cc1ccc(OC(=O)CC)cc1. The summed E-state index contributed by atoms with van der Waals surface area (Å²) in [5, 5.41) is 0. The first-order chi connectivity index (χ1) is 9.15. The van der Waals surface area contributed by atoms with Gasteiger partial charge < -0.3 is 9.47 Å². The van der Waals surface area contributed by atoms with E-state index in [0.717, 1.165) is 12.0 Å². The van der Waals surface area contributed by atoms with Crippen LogP contribution in [-0.2, 0) is 14.3 Å². The standard InChI is InChI=1S/C15H18O4/c1-3-11-18-15(17)10-7-12-5-8-13(9-6-12)19-14(16)4-2/h5-10H,3-4,11H2,1-2H3. The maximum absolute atomic E-state index is 11.2. The predicted octanol–water partition coefficient (Wildman–Crippen LogP) is 2.97. The van der Waals surface area contributed by atoms with E-state index in [4.69, 9.17) is 9.47 Å². The Kier molecular flexibility index (Phi) is 6.36. The third kappa shape index (κ3) is 5.86. The Labute approximate surface area is 113 Å². The molecule has 0 aliphatic carbocycles. The second-order valence-corrected chi connectivity index (χ2v) is 3.90. The van der Waals surface area contributed by atoms with Crippen LogP contribution in [0.4, 0.5) is 0 Å². The Morgan fingerprint density at radius 1 is 1.16 bits per heavy atom. The van der Waals surface area contributed by atoms with Gasteiger partial charge in [-0.2, -0.15) is 0 Å². The van der Waals surface area contributed by atoms with Crippen LogP contribution in [0.1, 0.15) is 32.3 Å². The molecule has 0 saturated carbocycles. The molecule has 4 nitrogen and oxygen atoms in total. The van der Waals surface area contributed by atoms with Crippen LogP contribution in [0.2, 0.25) is 0 Å². The van der Waals surface area contributed by atoms with Crippen molar-refractivity contribution < 1.29 is 19.1 Å². The van der Waals surface area contributed by atoms with Crippen LogP contribution in [-0.4, -0.2) is 18.5 Å². The predicted molar refractivity (Wildman–Crippen MR) is 72.7 cm³/mol. The summed E-state index contributed by atoms with van der Waals surface area (Å²) in [5.41, 5.74) is 0.838. The zero-order valence-electron chi connectivity index (χ0n) is 11.2. The van der Waals surface area contributed by atoms with Gasteiger partial charge in [0.15, 0.2) is 0 Å². The fraction of sp³-hybridized carbons (Fsp3) is 0.333. The molecular weight excluding hydrogens is 244 g/mol. The lowest BCUT2D eigenvalue weighted by molar-refractivity contribution is -0.137. The Balaban J connectivity index is 2.54. The molecule has 1 rings (SSSR count). The van der Waals surface area contributed by atoms with Crippen LogP contribution in [0, 0.1) is 0 Å². The smallest absolute Gasteiger partial charge is 0.330 e. The first-order valence-electron chi connectivity index (χ1n) is 6.31. The van der Waals surface area contributed by atoms with Crippen molar-refractivity contribution in [2.75, 3.05) is 6.61 Å². The summed E-state index contributed by atoms with van der Waals surface area (Å²) >= 11 is 0. The lowest BCUT2D eigenvalue weighted by atomic mass is 10.2. The molecule has 102 valence electrons. The van der Waals surface area contributed by atoms with Gasteiger partial charge in [-0.05, 0) is 30.2 Å². The summed E-state index contributed by atoms with van der Waals surface area (Å²) in [4.78, 5) is 22.3. The monoisotopic (exact) mass is 262 g/mol. The van der Waals surface area contributed by atoms with Crippen molar-refractivity contribution in [2.45, 2.75) is 26.7 Å². The Bertz CT molecular complexity index is 446. The largest absolute Gasteiger partial charge is 0.463 e. The summed E-state index contributed by atoms with van der Waals surface area (Å²) in [6.45, 7) is 4.10. The van der Waals surface area contributed by atoms with Crippen molar-refractivity contribution in [3.63, 3.8) is 0 Å². The molecule has 0 N–H and O–H groups in total. The maximum Gasteiger partial charge on any atom is 0.330 e. The third-order valence-corrected chi connectivity index (χ3v) is 2.26. The lowest BCUT2D eigenvalue weighted by Gasteiger charge is -2.02. The van der Waals surface area contributed by atoms with Gasteiger partial charge in [0.05, 0.1) is 6.61 Å². The van der Waals surface area contributed by atoms with Crippen LogP contribution < -0.4 is 4.74 Å². The summed E-state index contributed by atoms with van der Waals surface area (Å²) < 4.78 is 9.95. The van der Waals surface area contributed by atoms with Gasteiger partial charge in [-0.3, -0.25) is 4.79 Å². The van der Waals surface area contributed by atoms with Crippen LogP contribution in [0.15, 0.2) is 30.3 Å². The number of hydrogen-bond donors (Lipinski definition) is 0. The van der Waals surface area contributed by atoms with Gasteiger partial charge in [0.25, 0.3) is 0 Å². The number of esters is 2. The quantitative estimate of drug-likeness (QED) is 0.449. The molecule has 0 aliphatic heterocycles. The molecule has 19 heavy (non-hydrogen) atoms. The van der Waals surface area contributed by atoms with Gasteiger partial charge in [0.2, 0.25) is 0 Å². The molecule has 1 aromatic carbocycles. The average Bonchev–Trinajstić information content (AvgIpc) is 2.44. The van der Waals surface area contributed by atoms with Crippen molar-refractivity contribution in [3.05, 3.63) is 35.9 Å². The third-order valence-electron chi connectivity index (χ3n) is 2.26. The molecule has 0 aliphatic rings. The topological polar surface area (TPSA) is 52.6 Å². The molecule has 0 amide bonds. The van der Waals surface area contributed by atoms with Crippen LogP contribution in [0.3, 0.4) is 0 Å². The number of benzene rings is 1. The first kappa shape index (κ1) is 15.0. The highest BCUT2D eigenvalue weighted by Crippen LogP contribution is 2.13. The normalized spacial score (nSPS) is 10.4. The Morgan fingerprint density at radius 2 is 1.84 bits per heavy atom. The zero-order valence-corrected chi connectivity index (χ0v) is 11.2. The van der Waals surface area contributed by atoms with Gasteiger partial charge in [0, 0.05) is 12.5 Å². The molecule has 0 aromatic heterocycles. The first-order valence-corrected chi connectivity index (χ1v) is 6.31. The Hall–Kier alpha value is -2.10. The van der Waals surface area contributed by atoms with Crippen LogP contribution >= 0.6 is 0 Å². The average molecular weight is 262 g/mol. The van der Waals surface area contributed by atoms with E-state index in [1.54, 1.807) is 37.3 Å². The number of carbonyl (C=O) groups is 2. The fourth-order valence-corrected chi connectivity index (χ4v) is 1.27. The summed E-state index contributed by atoms with van der Waals surface area (Å²) in [6.07, 6.45) is 4.17. The van der Waals surface area contributed by atoms with E-state index in [2.05, 4.69) is 0 Å². The van der Waals surface area contributed by atoms with E-state index >= 15 is 0 Å². The molecule has 0 radical (unpaired) electrons. The second-order valence-electron chi connectivity index (χ2n) is 3.90. The zero-order chi connectivity index (χ0) is 14.1. The highest BCUT2D eigenvalue weighted by Gasteiger charge is 2.01. The summed E-state index contributed by atoms with van der Waals surface area (Å²) in [7, 11) is 0.